The number of nitrogens with zero attached hydrogens (tertiary/aromatic N) is 2. The molecule has 2 heterocycles. The zero-order chi connectivity index (χ0) is 16.1. The van der Waals surface area contributed by atoms with E-state index >= 15 is 0 Å². The normalized spacial score (nSPS) is 17.4. The molecule has 3 rings (SSSR count). The summed E-state index contributed by atoms with van der Waals surface area (Å²) in [6.45, 7) is 5.81. The Morgan fingerprint density at radius 3 is 2.74 bits per heavy atom. The number of hydrogen-bond donors (Lipinski definition) is 2. The van der Waals surface area contributed by atoms with Crippen LogP contribution in [-0.2, 0) is 4.74 Å². The van der Waals surface area contributed by atoms with Gasteiger partial charge in [-0.3, -0.25) is 0 Å². The first-order valence-corrected chi connectivity index (χ1v) is 8.27. The van der Waals surface area contributed by atoms with E-state index in [1.165, 1.54) is 0 Å². The van der Waals surface area contributed by atoms with Gasteiger partial charge in [-0.2, -0.15) is 4.98 Å². The van der Waals surface area contributed by atoms with Crippen molar-refractivity contribution in [3.8, 4) is 11.3 Å². The van der Waals surface area contributed by atoms with Crippen molar-refractivity contribution in [1.29, 1.82) is 0 Å². The predicted octanol–water partition coefficient (Wildman–Crippen LogP) is 3.55. The van der Waals surface area contributed by atoms with Crippen LogP contribution < -0.4 is 10.6 Å². The van der Waals surface area contributed by atoms with Crippen LogP contribution in [0.1, 0.15) is 26.7 Å². The zero-order valence-electron chi connectivity index (χ0n) is 13.7. The lowest BCUT2D eigenvalue weighted by Gasteiger charge is -2.15. The van der Waals surface area contributed by atoms with Crippen molar-refractivity contribution in [3.05, 3.63) is 36.4 Å². The monoisotopic (exact) mass is 312 g/mol. The molecule has 0 spiro atoms. The van der Waals surface area contributed by atoms with Gasteiger partial charge in [-0.05, 0) is 26.7 Å². The van der Waals surface area contributed by atoms with Crippen molar-refractivity contribution < 1.29 is 4.74 Å². The van der Waals surface area contributed by atoms with Crippen molar-refractivity contribution in [2.24, 2.45) is 0 Å². The standard InChI is InChI=1S/C18H24N4O/c1-13(2)20-17-11-16(14-7-4-3-5-8-14)21-18(22-17)19-12-15-9-6-10-23-15/h3-5,7-8,11,13,15H,6,9-10,12H2,1-2H3,(H2,19,20,21,22). The van der Waals surface area contributed by atoms with Crippen LogP contribution in [0.2, 0.25) is 0 Å². The lowest BCUT2D eigenvalue weighted by molar-refractivity contribution is 0.120. The van der Waals surface area contributed by atoms with E-state index < -0.39 is 0 Å². The largest absolute Gasteiger partial charge is 0.376 e. The van der Waals surface area contributed by atoms with Gasteiger partial charge < -0.3 is 15.4 Å². The highest BCUT2D eigenvalue weighted by atomic mass is 16.5. The molecule has 5 nitrogen and oxygen atoms in total. The molecule has 2 aromatic rings. The third kappa shape index (κ3) is 4.42. The summed E-state index contributed by atoms with van der Waals surface area (Å²) in [4.78, 5) is 9.23. The first-order valence-electron chi connectivity index (χ1n) is 8.27. The second-order valence-electron chi connectivity index (χ2n) is 6.14. The Kier molecular flexibility index (Phi) is 5.08. The molecule has 1 unspecified atom stereocenters. The van der Waals surface area contributed by atoms with E-state index in [1.807, 2.05) is 24.3 Å². The molecule has 1 aromatic heterocycles. The highest BCUT2D eigenvalue weighted by molar-refractivity contribution is 5.64. The lowest BCUT2D eigenvalue weighted by atomic mass is 10.1. The summed E-state index contributed by atoms with van der Waals surface area (Å²) in [6, 6.07) is 12.5. The van der Waals surface area contributed by atoms with E-state index in [-0.39, 0.29) is 6.10 Å². The van der Waals surface area contributed by atoms with E-state index in [9.17, 15) is 0 Å². The summed E-state index contributed by atoms with van der Waals surface area (Å²) in [5, 5.41) is 6.68. The summed E-state index contributed by atoms with van der Waals surface area (Å²) in [5.74, 6) is 1.48. The van der Waals surface area contributed by atoms with E-state index in [2.05, 4.69) is 46.6 Å². The first-order chi connectivity index (χ1) is 11.2. The minimum absolute atomic E-state index is 0.264. The van der Waals surface area contributed by atoms with Crippen molar-refractivity contribution >= 4 is 11.8 Å². The number of ether oxygens (including phenoxy) is 1. The fourth-order valence-electron chi connectivity index (χ4n) is 2.66. The Morgan fingerprint density at radius 1 is 1.22 bits per heavy atom. The number of hydrogen-bond acceptors (Lipinski definition) is 5. The van der Waals surface area contributed by atoms with Gasteiger partial charge in [-0.25, -0.2) is 4.98 Å². The van der Waals surface area contributed by atoms with Gasteiger partial charge in [0.25, 0.3) is 0 Å². The summed E-state index contributed by atoms with van der Waals surface area (Å²) in [7, 11) is 0. The fraction of sp³-hybridized carbons (Fsp3) is 0.444. The third-order valence-electron chi connectivity index (χ3n) is 3.74. The Bertz CT molecular complexity index is 624. The van der Waals surface area contributed by atoms with E-state index in [0.29, 0.717) is 12.0 Å². The van der Waals surface area contributed by atoms with E-state index in [0.717, 1.165) is 43.1 Å². The molecule has 1 aliphatic rings. The maximum atomic E-state index is 5.65. The maximum absolute atomic E-state index is 5.65. The van der Waals surface area contributed by atoms with Gasteiger partial charge in [0.2, 0.25) is 5.95 Å². The van der Waals surface area contributed by atoms with Crippen LogP contribution in [-0.4, -0.2) is 35.3 Å². The molecule has 0 amide bonds. The summed E-state index contributed by atoms with van der Waals surface area (Å²) >= 11 is 0. The zero-order valence-corrected chi connectivity index (χ0v) is 13.7. The summed E-state index contributed by atoms with van der Waals surface area (Å²) in [5.41, 5.74) is 2.00. The van der Waals surface area contributed by atoms with Crippen LogP contribution in [0, 0.1) is 0 Å². The molecule has 0 radical (unpaired) electrons. The predicted molar refractivity (Wildman–Crippen MR) is 93.7 cm³/mol. The van der Waals surface area contributed by atoms with Gasteiger partial charge in [0.15, 0.2) is 0 Å². The Balaban J connectivity index is 1.81. The highest BCUT2D eigenvalue weighted by Crippen LogP contribution is 2.22. The third-order valence-corrected chi connectivity index (χ3v) is 3.74. The highest BCUT2D eigenvalue weighted by Gasteiger charge is 2.16. The molecule has 1 atom stereocenters. The summed E-state index contributed by atoms with van der Waals surface area (Å²) < 4.78 is 5.65. The second kappa shape index (κ2) is 7.42. The van der Waals surface area contributed by atoms with Gasteiger partial charge in [-0.15, -0.1) is 0 Å². The van der Waals surface area contributed by atoms with Crippen LogP contribution in [0.4, 0.5) is 11.8 Å². The lowest BCUT2D eigenvalue weighted by Crippen LogP contribution is -2.20. The topological polar surface area (TPSA) is 59.1 Å². The average Bonchev–Trinajstić information content (AvgIpc) is 3.06. The molecule has 0 bridgehead atoms. The molecule has 0 saturated carbocycles. The van der Waals surface area contributed by atoms with Gasteiger partial charge in [0, 0.05) is 30.8 Å². The number of benzene rings is 1. The van der Waals surface area contributed by atoms with Gasteiger partial charge >= 0.3 is 0 Å². The maximum Gasteiger partial charge on any atom is 0.225 e. The minimum atomic E-state index is 0.264. The summed E-state index contributed by atoms with van der Waals surface area (Å²) in [6.07, 6.45) is 2.50. The molecule has 1 aromatic carbocycles. The molecule has 2 N–H and O–H groups in total. The molecule has 0 aliphatic carbocycles. The molecule has 5 heteroatoms. The second-order valence-corrected chi connectivity index (χ2v) is 6.14. The molecule has 23 heavy (non-hydrogen) atoms. The van der Waals surface area contributed by atoms with Crippen molar-refractivity contribution in [2.45, 2.75) is 38.8 Å². The van der Waals surface area contributed by atoms with Crippen LogP contribution >= 0.6 is 0 Å². The Hall–Kier alpha value is -2.14. The van der Waals surface area contributed by atoms with E-state index in [4.69, 9.17) is 4.74 Å². The first kappa shape index (κ1) is 15.7. The molecular weight excluding hydrogens is 288 g/mol. The fourth-order valence-corrected chi connectivity index (χ4v) is 2.66. The number of anilines is 2. The number of rotatable bonds is 6. The Labute approximate surface area is 137 Å². The van der Waals surface area contributed by atoms with Gasteiger partial charge in [0.1, 0.15) is 5.82 Å². The van der Waals surface area contributed by atoms with Crippen LogP contribution in [0.25, 0.3) is 11.3 Å². The molecule has 1 fully saturated rings. The number of aromatic nitrogens is 2. The average molecular weight is 312 g/mol. The molecular formula is C18H24N4O. The van der Waals surface area contributed by atoms with Crippen molar-refractivity contribution in [2.75, 3.05) is 23.8 Å². The molecule has 1 aliphatic heterocycles. The molecule has 122 valence electrons. The van der Waals surface area contributed by atoms with Crippen LogP contribution in [0.5, 0.6) is 0 Å². The SMILES string of the molecule is CC(C)Nc1cc(-c2ccccc2)nc(NCC2CCCO2)n1. The van der Waals surface area contributed by atoms with Crippen molar-refractivity contribution in [3.63, 3.8) is 0 Å². The van der Waals surface area contributed by atoms with Crippen molar-refractivity contribution in [1.82, 2.24) is 9.97 Å². The number of nitrogens with one attached hydrogen (secondary N) is 2. The van der Waals surface area contributed by atoms with Gasteiger partial charge in [0.05, 0.1) is 11.8 Å². The minimum Gasteiger partial charge on any atom is -0.376 e. The van der Waals surface area contributed by atoms with E-state index in [1.54, 1.807) is 0 Å². The quantitative estimate of drug-likeness (QED) is 0.854. The Morgan fingerprint density at radius 2 is 2.04 bits per heavy atom. The van der Waals surface area contributed by atoms with Crippen LogP contribution in [0.3, 0.4) is 0 Å². The van der Waals surface area contributed by atoms with Gasteiger partial charge in [-0.1, -0.05) is 30.3 Å². The smallest absolute Gasteiger partial charge is 0.225 e. The van der Waals surface area contributed by atoms with Crippen LogP contribution in [0.15, 0.2) is 36.4 Å². The molecule has 1 saturated heterocycles.